The second kappa shape index (κ2) is 5.96. The molecule has 0 N–H and O–H groups in total. The highest BCUT2D eigenvalue weighted by molar-refractivity contribution is 7.91. The predicted octanol–water partition coefficient (Wildman–Crippen LogP) is 2.65. The number of halogens is 1. The average Bonchev–Trinajstić information content (AvgIpc) is 2.46. The summed E-state index contributed by atoms with van der Waals surface area (Å²) in [6, 6.07) is 11.5. The zero-order chi connectivity index (χ0) is 14.6. The van der Waals surface area contributed by atoms with Crippen molar-refractivity contribution >= 4 is 16.1 Å². The van der Waals surface area contributed by atoms with E-state index in [1.54, 1.807) is 24.3 Å². The maximum Gasteiger partial charge on any atom is 0.178 e. The van der Waals surface area contributed by atoms with Crippen LogP contribution in [0.25, 0.3) is 0 Å². The summed E-state index contributed by atoms with van der Waals surface area (Å²) in [5.41, 5.74) is 1.39. The fourth-order valence-electron chi connectivity index (χ4n) is 1.77. The summed E-state index contributed by atoms with van der Waals surface area (Å²) in [4.78, 5) is 10.6. The Labute approximate surface area is 117 Å². The van der Waals surface area contributed by atoms with Crippen LogP contribution >= 0.6 is 0 Å². The summed E-state index contributed by atoms with van der Waals surface area (Å²) < 4.78 is 36.9. The molecule has 0 aliphatic carbocycles. The van der Waals surface area contributed by atoms with Crippen LogP contribution < -0.4 is 0 Å². The molecule has 0 saturated heterocycles. The van der Waals surface area contributed by atoms with E-state index < -0.39 is 15.7 Å². The van der Waals surface area contributed by atoms with E-state index in [0.717, 1.165) is 24.0 Å². The zero-order valence-electron chi connectivity index (χ0n) is 10.6. The van der Waals surface area contributed by atoms with E-state index in [0.29, 0.717) is 12.0 Å². The molecule has 0 aliphatic rings. The lowest BCUT2D eigenvalue weighted by Crippen LogP contribution is -2.09. The average molecular weight is 292 g/mol. The van der Waals surface area contributed by atoms with Gasteiger partial charge in [0.2, 0.25) is 0 Å². The molecule has 0 heterocycles. The molecule has 104 valence electrons. The minimum atomic E-state index is -3.43. The molecule has 0 aromatic heterocycles. The third-order valence-electron chi connectivity index (χ3n) is 2.95. The first-order valence-corrected chi connectivity index (χ1v) is 7.69. The van der Waals surface area contributed by atoms with Crippen molar-refractivity contribution in [2.24, 2.45) is 0 Å². The van der Waals surface area contributed by atoms with Gasteiger partial charge in [0.05, 0.1) is 10.6 Å². The van der Waals surface area contributed by atoms with Gasteiger partial charge in [-0.15, -0.1) is 0 Å². The minimum Gasteiger partial charge on any atom is -0.298 e. The van der Waals surface area contributed by atoms with Gasteiger partial charge in [0, 0.05) is 5.56 Å². The van der Waals surface area contributed by atoms with Gasteiger partial charge in [-0.1, -0.05) is 24.3 Å². The predicted molar refractivity (Wildman–Crippen MR) is 74.0 cm³/mol. The number of hydrogen-bond acceptors (Lipinski definition) is 3. The molecule has 0 bridgehead atoms. The van der Waals surface area contributed by atoms with Crippen LogP contribution in [0, 0.1) is 5.82 Å². The highest BCUT2D eigenvalue weighted by atomic mass is 32.2. The first kappa shape index (κ1) is 14.4. The maximum absolute atomic E-state index is 12.8. The first-order valence-electron chi connectivity index (χ1n) is 6.04. The summed E-state index contributed by atoms with van der Waals surface area (Å²) in [6.45, 7) is 0. The lowest BCUT2D eigenvalue weighted by Gasteiger charge is -2.05. The summed E-state index contributed by atoms with van der Waals surface area (Å²) in [5.74, 6) is -0.521. The van der Waals surface area contributed by atoms with Gasteiger partial charge < -0.3 is 0 Å². The largest absolute Gasteiger partial charge is 0.298 e. The number of sulfone groups is 1. The van der Waals surface area contributed by atoms with Gasteiger partial charge in [-0.05, 0) is 36.2 Å². The lowest BCUT2D eigenvalue weighted by molar-refractivity contribution is 0.112. The molecule has 0 fully saturated rings. The van der Waals surface area contributed by atoms with E-state index >= 15 is 0 Å². The van der Waals surface area contributed by atoms with Crippen LogP contribution in [0.2, 0.25) is 0 Å². The van der Waals surface area contributed by atoms with E-state index in [9.17, 15) is 17.6 Å². The molecule has 20 heavy (non-hydrogen) atoms. The van der Waals surface area contributed by atoms with Gasteiger partial charge >= 0.3 is 0 Å². The number of aldehydes is 1. The molecule has 0 unspecified atom stereocenters. The van der Waals surface area contributed by atoms with Crippen molar-refractivity contribution in [3.63, 3.8) is 0 Å². The van der Waals surface area contributed by atoms with Gasteiger partial charge in [-0.25, -0.2) is 12.8 Å². The third kappa shape index (κ3) is 3.51. The topological polar surface area (TPSA) is 51.2 Å². The maximum atomic E-state index is 12.8. The number of hydrogen-bond donors (Lipinski definition) is 0. The molecule has 5 heteroatoms. The molecular weight excluding hydrogens is 279 g/mol. The lowest BCUT2D eigenvalue weighted by atomic mass is 10.1. The molecule has 3 nitrogen and oxygen atoms in total. The standard InChI is InChI=1S/C15H13FO3S/c16-14-5-7-15(8-6-14)20(18,19)10-9-12-1-3-13(11-17)4-2-12/h1-8,11H,9-10H2. The summed E-state index contributed by atoms with van der Waals surface area (Å²) >= 11 is 0. The molecule has 0 aliphatic heterocycles. The summed E-state index contributed by atoms with van der Waals surface area (Å²) in [7, 11) is -3.43. The van der Waals surface area contributed by atoms with Crippen molar-refractivity contribution in [2.75, 3.05) is 5.75 Å². The quantitative estimate of drug-likeness (QED) is 0.629. The summed E-state index contributed by atoms with van der Waals surface area (Å²) in [6.07, 6.45) is 1.08. The number of benzene rings is 2. The fraction of sp³-hybridized carbons (Fsp3) is 0.133. The van der Waals surface area contributed by atoms with Crippen molar-refractivity contribution in [3.05, 3.63) is 65.5 Å². The fourth-order valence-corrected chi connectivity index (χ4v) is 3.07. The highest BCUT2D eigenvalue weighted by Gasteiger charge is 2.14. The number of aryl methyl sites for hydroxylation is 1. The van der Waals surface area contributed by atoms with Gasteiger partial charge in [-0.2, -0.15) is 0 Å². The van der Waals surface area contributed by atoms with Gasteiger partial charge in [0.15, 0.2) is 9.84 Å². The normalized spacial score (nSPS) is 11.2. The second-order valence-electron chi connectivity index (χ2n) is 4.38. The Balaban J connectivity index is 2.08. The molecule has 0 spiro atoms. The second-order valence-corrected chi connectivity index (χ2v) is 6.49. The van der Waals surface area contributed by atoms with Gasteiger partial charge in [0.25, 0.3) is 0 Å². The smallest absolute Gasteiger partial charge is 0.178 e. The van der Waals surface area contributed by atoms with Crippen molar-refractivity contribution in [3.8, 4) is 0 Å². The van der Waals surface area contributed by atoms with E-state index in [4.69, 9.17) is 0 Å². The van der Waals surface area contributed by atoms with Crippen LogP contribution in [-0.2, 0) is 16.3 Å². The minimum absolute atomic E-state index is 0.0565. The number of carbonyl (C=O) groups excluding carboxylic acids is 1. The Morgan fingerprint density at radius 1 is 0.950 bits per heavy atom. The Morgan fingerprint density at radius 3 is 2.10 bits per heavy atom. The van der Waals surface area contributed by atoms with Crippen LogP contribution in [-0.4, -0.2) is 20.5 Å². The van der Waals surface area contributed by atoms with Crippen molar-refractivity contribution in [2.45, 2.75) is 11.3 Å². The molecular formula is C15H13FO3S. The molecule has 0 radical (unpaired) electrons. The van der Waals surface area contributed by atoms with Crippen LogP contribution in [0.3, 0.4) is 0 Å². The first-order chi connectivity index (χ1) is 9.51. The monoisotopic (exact) mass is 292 g/mol. The van der Waals surface area contributed by atoms with E-state index in [-0.39, 0.29) is 10.6 Å². The van der Waals surface area contributed by atoms with Crippen LogP contribution in [0.4, 0.5) is 4.39 Å². The van der Waals surface area contributed by atoms with Gasteiger partial charge in [0.1, 0.15) is 12.1 Å². The van der Waals surface area contributed by atoms with Crippen molar-refractivity contribution in [1.82, 2.24) is 0 Å². The van der Waals surface area contributed by atoms with Crippen LogP contribution in [0.5, 0.6) is 0 Å². The van der Waals surface area contributed by atoms with Crippen molar-refractivity contribution < 1.29 is 17.6 Å². The Hall–Kier alpha value is -2.01. The molecule has 2 rings (SSSR count). The van der Waals surface area contributed by atoms with Crippen LogP contribution in [0.1, 0.15) is 15.9 Å². The SMILES string of the molecule is O=Cc1ccc(CCS(=O)(=O)c2ccc(F)cc2)cc1. The Morgan fingerprint density at radius 2 is 1.55 bits per heavy atom. The van der Waals surface area contributed by atoms with E-state index in [1.165, 1.54) is 12.1 Å². The number of rotatable bonds is 5. The zero-order valence-corrected chi connectivity index (χ0v) is 11.4. The summed E-state index contributed by atoms with van der Waals surface area (Å²) in [5, 5.41) is 0. The van der Waals surface area contributed by atoms with E-state index in [1.807, 2.05) is 0 Å². The number of carbonyl (C=O) groups is 1. The van der Waals surface area contributed by atoms with Gasteiger partial charge in [-0.3, -0.25) is 4.79 Å². The van der Waals surface area contributed by atoms with Crippen LogP contribution in [0.15, 0.2) is 53.4 Å². The Kier molecular flexibility index (Phi) is 4.29. The van der Waals surface area contributed by atoms with Crippen molar-refractivity contribution in [1.29, 1.82) is 0 Å². The highest BCUT2D eigenvalue weighted by Crippen LogP contribution is 2.14. The molecule has 0 amide bonds. The third-order valence-corrected chi connectivity index (χ3v) is 4.68. The molecule has 2 aromatic carbocycles. The Bertz CT molecular complexity index is 689. The molecule has 0 saturated carbocycles. The molecule has 0 atom stereocenters. The molecule has 2 aromatic rings. The van der Waals surface area contributed by atoms with E-state index in [2.05, 4.69) is 0 Å².